The van der Waals surface area contributed by atoms with Crippen LogP contribution in [-0.4, -0.2) is 89.6 Å². The van der Waals surface area contributed by atoms with Gasteiger partial charge in [-0.05, 0) is 44.9 Å². The molecule has 0 spiro atoms. The zero-order chi connectivity index (χ0) is 45.7. The summed E-state index contributed by atoms with van der Waals surface area (Å²) in [5.41, 5.74) is 0. The minimum absolute atomic E-state index is 0.115. The summed E-state index contributed by atoms with van der Waals surface area (Å²) in [6.45, 7) is 4.57. The first kappa shape index (κ1) is 59.7. The van der Waals surface area contributed by atoms with Gasteiger partial charge in [0, 0.05) is 13.0 Å². The molecular formula is C54H102O9. The van der Waals surface area contributed by atoms with Crippen LogP contribution in [0.15, 0.2) is 24.3 Å². The molecule has 0 radical (unpaired) electrons. The SMILES string of the molecule is CCCCCC/C=C\C/C=C\CCCCCCCC(=O)OC(COCCCCCCCCCCCCCCCCCCCCCCCCCC)COC1OC(CO)C(O)C(O)C1O. The maximum Gasteiger partial charge on any atom is 0.306 e. The lowest BCUT2D eigenvalue weighted by atomic mass is 9.99. The van der Waals surface area contributed by atoms with Gasteiger partial charge in [0.05, 0.1) is 19.8 Å². The van der Waals surface area contributed by atoms with E-state index in [-0.39, 0.29) is 19.2 Å². The van der Waals surface area contributed by atoms with Crippen molar-refractivity contribution in [3.63, 3.8) is 0 Å². The van der Waals surface area contributed by atoms with Crippen molar-refractivity contribution in [1.82, 2.24) is 0 Å². The van der Waals surface area contributed by atoms with Crippen LogP contribution in [0.5, 0.6) is 0 Å². The maximum atomic E-state index is 12.8. The zero-order valence-corrected chi connectivity index (χ0v) is 41.1. The molecule has 63 heavy (non-hydrogen) atoms. The monoisotopic (exact) mass is 895 g/mol. The lowest BCUT2D eigenvalue weighted by molar-refractivity contribution is -0.305. The van der Waals surface area contributed by atoms with E-state index in [1.54, 1.807) is 0 Å². The van der Waals surface area contributed by atoms with Gasteiger partial charge in [-0.1, -0.05) is 224 Å². The number of aliphatic hydroxyl groups excluding tert-OH is 4. The Hall–Kier alpha value is -1.33. The van der Waals surface area contributed by atoms with Crippen molar-refractivity contribution in [2.75, 3.05) is 26.4 Å². The second kappa shape index (κ2) is 45.8. The first-order chi connectivity index (χ1) is 30.9. The van der Waals surface area contributed by atoms with Crippen molar-refractivity contribution in [1.29, 1.82) is 0 Å². The topological polar surface area (TPSA) is 135 Å². The predicted molar refractivity (Wildman–Crippen MR) is 261 cm³/mol. The maximum absolute atomic E-state index is 12.8. The first-order valence-corrected chi connectivity index (χ1v) is 26.9. The smallest absolute Gasteiger partial charge is 0.306 e. The summed E-state index contributed by atoms with van der Waals surface area (Å²) in [5.74, 6) is -0.322. The van der Waals surface area contributed by atoms with Gasteiger partial charge in [-0.2, -0.15) is 0 Å². The highest BCUT2D eigenvalue weighted by Crippen LogP contribution is 2.23. The molecule has 0 aliphatic carbocycles. The summed E-state index contributed by atoms with van der Waals surface area (Å²) >= 11 is 0. The highest BCUT2D eigenvalue weighted by Gasteiger charge is 2.44. The summed E-state index contributed by atoms with van der Waals surface area (Å²) in [6, 6.07) is 0. The van der Waals surface area contributed by atoms with E-state index < -0.39 is 43.4 Å². The highest BCUT2D eigenvalue weighted by atomic mass is 16.7. The van der Waals surface area contributed by atoms with Gasteiger partial charge in [0.2, 0.25) is 0 Å². The Labute approximate surface area is 387 Å². The number of carbonyl (C=O) groups is 1. The number of allylic oxidation sites excluding steroid dienone is 4. The minimum atomic E-state index is -1.54. The quantitative estimate of drug-likeness (QED) is 0.0267. The van der Waals surface area contributed by atoms with Crippen LogP contribution in [0.3, 0.4) is 0 Å². The van der Waals surface area contributed by atoms with Gasteiger partial charge in [-0.3, -0.25) is 4.79 Å². The van der Waals surface area contributed by atoms with Gasteiger partial charge in [0.1, 0.15) is 30.5 Å². The zero-order valence-electron chi connectivity index (χ0n) is 41.1. The Balaban J connectivity index is 2.16. The van der Waals surface area contributed by atoms with E-state index in [1.807, 2.05) is 0 Å². The number of hydrogen-bond acceptors (Lipinski definition) is 9. The van der Waals surface area contributed by atoms with E-state index in [1.165, 1.54) is 173 Å². The molecule has 372 valence electrons. The van der Waals surface area contributed by atoms with E-state index in [2.05, 4.69) is 38.2 Å². The van der Waals surface area contributed by atoms with Crippen LogP contribution in [0.4, 0.5) is 0 Å². The molecule has 0 aromatic heterocycles. The van der Waals surface area contributed by atoms with E-state index in [4.69, 9.17) is 18.9 Å². The Morgan fingerprint density at radius 3 is 1.38 bits per heavy atom. The van der Waals surface area contributed by atoms with Crippen molar-refractivity contribution in [2.45, 2.75) is 288 Å². The molecule has 0 aromatic rings. The molecule has 0 saturated carbocycles. The van der Waals surface area contributed by atoms with E-state index >= 15 is 0 Å². The van der Waals surface area contributed by atoms with Gasteiger partial charge >= 0.3 is 5.97 Å². The Morgan fingerprint density at radius 1 is 0.508 bits per heavy atom. The Bertz CT molecular complexity index is 1020. The molecule has 9 heteroatoms. The minimum Gasteiger partial charge on any atom is -0.457 e. The molecule has 0 bridgehead atoms. The normalized spacial score (nSPS) is 19.7. The Morgan fingerprint density at radius 2 is 0.921 bits per heavy atom. The van der Waals surface area contributed by atoms with Gasteiger partial charge in [0.15, 0.2) is 6.29 Å². The third-order valence-electron chi connectivity index (χ3n) is 12.6. The van der Waals surface area contributed by atoms with E-state index in [9.17, 15) is 25.2 Å². The molecule has 1 aliphatic rings. The number of esters is 1. The Kier molecular flexibility index (Phi) is 43.4. The molecule has 1 aliphatic heterocycles. The molecule has 1 saturated heterocycles. The molecule has 0 aromatic carbocycles. The summed E-state index contributed by atoms with van der Waals surface area (Å²) < 4.78 is 22.9. The van der Waals surface area contributed by atoms with Crippen molar-refractivity contribution in [2.24, 2.45) is 0 Å². The number of carbonyl (C=O) groups excluding carboxylic acids is 1. The summed E-state index contributed by atoms with van der Waals surface area (Å²) in [4.78, 5) is 12.8. The standard InChI is InChI=1S/C54H102O9/c1-3-5-7-9-11-13-15-17-19-21-22-23-24-25-26-27-28-30-32-34-36-38-40-42-44-60-46-48(47-61-54-53(59)52(58)51(57)49(45-55)63-54)62-50(56)43-41-39-37-35-33-31-29-20-18-16-14-12-10-8-6-4-2/h14,16,20,29,48-49,51-55,57-59H,3-13,15,17-19,21-28,30-47H2,1-2H3/b16-14-,29-20-. The lowest BCUT2D eigenvalue weighted by Gasteiger charge is -2.39. The fourth-order valence-corrected chi connectivity index (χ4v) is 8.41. The van der Waals surface area contributed by atoms with E-state index in [0.29, 0.717) is 13.0 Å². The van der Waals surface area contributed by atoms with Crippen molar-refractivity contribution < 1.29 is 44.2 Å². The molecule has 6 atom stereocenters. The average Bonchev–Trinajstić information content (AvgIpc) is 3.28. The molecule has 9 nitrogen and oxygen atoms in total. The van der Waals surface area contributed by atoms with Gasteiger partial charge in [-0.15, -0.1) is 0 Å². The molecule has 6 unspecified atom stereocenters. The number of aliphatic hydroxyl groups is 4. The third-order valence-corrected chi connectivity index (χ3v) is 12.6. The molecule has 0 amide bonds. The van der Waals surface area contributed by atoms with Gasteiger partial charge in [0.25, 0.3) is 0 Å². The summed E-state index contributed by atoms with van der Waals surface area (Å²) in [6.07, 6.45) is 47.9. The van der Waals surface area contributed by atoms with Gasteiger partial charge in [-0.25, -0.2) is 0 Å². The molecule has 1 fully saturated rings. The van der Waals surface area contributed by atoms with Crippen LogP contribution < -0.4 is 0 Å². The third kappa shape index (κ3) is 36.5. The lowest BCUT2D eigenvalue weighted by Crippen LogP contribution is -2.59. The van der Waals surface area contributed by atoms with Crippen LogP contribution in [0.2, 0.25) is 0 Å². The summed E-state index contributed by atoms with van der Waals surface area (Å²) in [7, 11) is 0. The molecule has 1 heterocycles. The van der Waals surface area contributed by atoms with Gasteiger partial charge < -0.3 is 39.4 Å². The average molecular weight is 895 g/mol. The van der Waals surface area contributed by atoms with Crippen LogP contribution in [0.1, 0.15) is 251 Å². The fourth-order valence-electron chi connectivity index (χ4n) is 8.41. The van der Waals surface area contributed by atoms with Crippen LogP contribution in [0.25, 0.3) is 0 Å². The number of ether oxygens (including phenoxy) is 4. The van der Waals surface area contributed by atoms with Crippen LogP contribution in [0, 0.1) is 0 Å². The van der Waals surface area contributed by atoms with Crippen LogP contribution >= 0.6 is 0 Å². The van der Waals surface area contributed by atoms with E-state index in [0.717, 1.165) is 57.8 Å². The second-order valence-corrected chi connectivity index (χ2v) is 18.7. The van der Waals surface area contributed by atoms with Crippen LogP contribution in [-0.2, 0) is 23.7 Å². The largest absolute Gasteiger partial charge is 0.457 e. The number of unbranched alkanes of at least 4 members (excludes halogenated alkanes) is 32. The highest BCUT2D eigenvalue weighted by molar-refractivity contribution is 5.69. The molecular weight excluding hydrogens is 793 g/mol. The molecule has 1 rings (SSSR count). The fraction of sp³-hybridized carbons (Fsp3) is 0.907. The molecule has 4 N–H and O–H groups in total. The number of rotatable bonds is 47. The number of hydrogen-bond donors (Lipinski definition) is 4. The van der Waals surface area contributed by atoms with Crippen molar-refractivity contribution >= 4 is 5.97 Å². The predicted octanol–water partition coefficient (Wildman–Crippen LogP) is 13.3. The summed E-state index contributed by atoms with van der Waals surface area (Å²) in [5, 5.41) is 40.3. The van der Waals surface area contributed by atoms with Crippen molar-refractivity contribution in [3.8, 4) is 0 Å². The second-order valence-electron chi connectivity index (χ2n) is 18.7. The first-order valence-electron chi connectivity index (χ1n) is 26.9. The van der Waals surface area contributed by atoms with Crippen molar-refractivity contribution in [3.05, 3.63) is 24.3 Å².